The first-order valence-electron chi connectivity index (χ1n) is 20.8. The first-order chi connectivity index (χ1) is 29.8. The van der Waals surface area contributed by atoms with Gasteiger partial charge in [0.15, 0.2) is 32.0 Å². The van der Waals surface area contributed by atoms with Crippen molar-refractivity contribution in [3.05, 3.63) is 89.1 Å². The average Bonchev–Trinajstić information content (AvgIpc) is 3.81. The zero-order valence-electron chi connectivity index (χ0n) is 34.7. The highest BCUT2D eigenvalue weighted by Crippen LogP contribution is 2.32. The van der Waals surface area contributed by atoms with Crippen LogP contribution >= 0.6 is 23.4 Å². The van der Waals surface area contributed by atoms with Crippen molar-refractivity contribution < 1.29 is 21.6 Å². The van der Waals surface area contributed by atoms with Crippen molar-refractivity contribution in [2.24, 2.45) is 0 Å². The summed E-state index contributed by atoms with van der Waals surface area (Å²) in [6, 6.07) is 21.2. The van der Waals surface area contributed by atoms with Crippen LogP contribution in [0.3, 0.4) is 0 Å². The van der Waals surface area contributed by atoms with Gasteiger partial charge in [0.1, 0.15) is 6.54 Å². The number of fused-ring (bicyclic) bond motifs is 2. The summed E-state index contributed by atoms with van der Waals surface area (Å²) in [4.78, 5) is 12.3. The summed E-state index contributed by atoms with van der Waals surface area (Å²) >= 11 is 7.71. The Balaban J connectivity index is 0.892. The largest absolute Gasteiger partial charge is 0.406 e. The van der Waals surface area contributed by atoms with E-state index in [1.54, 1.807) is 46.8 Å². The molecule has 0 aliphatic carbocycles. The number of aromatic nitrogens is 6. The van der Waals surface area contributed by atoms with Crippen molar-refractivity contribution in [1.82, 2.24) is 34.4 Å². The number of nitrogens with zero attached hydrogens (tertiary/aromatic N) is 7. The second kappa shape index (κ2) is 20.4. The van der Waals surface area contributed by atoms with Crippen molar-refractivity contribution in [2.45, 2.75) is 80.8 Å². The fourth-order valence-electron chi connectivity index (χ4n) is 7.42. The zero-order valence-corrected chi connectivity index (χ0v) is 37.1. The lowest BCUT2D eigenvalue weighted by atomic mass is 10.0. The van der Waals surface area contributed by atoms with Crippen LogP contribution in [0.4, 0.5) is 30.4 Å². The van der Waals surface area contributed by atoms with Crippen molar-refractivity contribution >= 4 is 72.5 Å². The van der Waals surface area contributed by atoms with Gasteiger partial charge in [-0.15, -0.1) is 5.10 Å². The lowest BCUT2D eigenvalue weighted by molar-refractivity contribution is -0.140. The zero-order chi connectivity index (χ0) is 43.7. The predicted octanol–water partition coefficient (Wildman–Crippen LogP) is 8.97. The molecule has 0 amide bonds. The second-order valence-corrected chi connectivity index (χ2v) is 18.9. The number of halogens is 4. The minimum atomic E-state index is -4.43. The molecular formula is C44H50ClF3N10O2S2. The van der Waals surface area contributed by atoms with Crippen LogP contribution in [0.25, 0.3) is 22.1 Å². The van der Waals surface area contributed by atoms with Crippen LogP contribution in [0.5, 0.6) is 0 Å². The minimum absolute atomic E-state index is 0.162. The molecule has 0 spiro atoms. The van der Waals surface area contributed by atoms with Gasteiger partial charge in [-0.3, -0.25) is 0 Å². The van der Waals surface area contributed by atoms with Gasteiger partial charge in [-0.05, 0) is 105 Å². The van der Waals surface area contributed by atoms with Crippen LogP contribution in [0.1, 0.15) is 56.7 Å². The SMILES string of the molecule is CCCSc1nc(NCCCCCN2CCC(Nc3cccc4c3cc(C#CCNc3ccc(S(C)(=O)=O)cc3)n4CC(F)(F)F)CC2)c2nnn(Cc3ccc(Cl)cc3)c2n1. The summed E-state index contributed by atoms with van der Waals surface area (Å²) in [6.45, 7) is 5.29. The van der Waals surface area contributed by atoms with Crippen LogP contribution in [0.2, 0.25) is 5.02 Å². The number of piperidine rings is 1. The van der Waals surface area contributed by atoms with E-state index in [2.05, 4.69) is 49.9 Å². The van der Waals surface area contributed by atoms with E-state index in [1.165, 1.54) is 16.7 Å². The minimum Gasteiger partial charge on any atom is -0.382 e. The normalized spacial score (nSPS) is 14.0. The molecule has 0 saturated carbocycles. The third-order valence-electron chi connectivity index (χ3n) is 10.6. The van der Waals surface area contributed by atoms with Gasteiger partial charge in [0.25, 0.3) is 0 Å². The monoisotopic (exact) mass is 906 g/mol. The summed E-state index contributed by atoms with van der Waals surface area (Å²) in [5, 5.41) is 21.1. The van der Waals surface area contributed by atoms with E-state index in [9.17, 15) is 21.6 Å². The summed E-state index contributed by atoms with van der Waals surface area (Å²) in [5.74, 6) is 7.49. The number of likely N-dealkylation sites (tertiary alicyclic amines) is 1. The van der Waals surface area contributed by atoms with Gasteiger partial charge in [-0.2, -0.15) is 13.2 Å². The number of unbranched alkanes of at least 4 members (excludes halogenated alkanes) is 2. The molecule has 1 fully saturated rings. The summed E-state index contributed by atoms with van der Waals surface area (Å²) in [7, 11) is -3.32. The maximum Gasteiger partial charge on any atom is 0.406 e. The summed E-state index contributed by atoms with van der Waals surface area (Å²) < 4.78 is 67.9. The summed E-state index contributed by atoms with van der Waals surface area (Å²) in [6.07, 6.45) is 2.65. The molecule has 1 saturated heterocycles. The molecule has 0 bridgehead atoms. The number of hydrogen-bond acceptors (Lipinski definition) is 11. The second-order valence-electron chi connectivity index (χ2n) is 15.4. The molecule has 3 aromatic carbocycles. The van der Waals surface area contributed by atoms with Crippen LogP contribution in [-0.2, 0) is 22.9 Å². The molecule has 0 radical (unpaired) electrons. The molecule has 7 rings (SSSR count). The van der Waals surface area contributed by atoms with Crippen LogP contribution < -0.4 is 16.0 Å². The molecule has 0 atom stereocenters. The molecule has 3 aromatic heterocycles. The lowest BCUT2D eigenvalue weighted by Gasteiger charge is -2.33. The molecule has 6 aromatic rings. The lowest BCUT2D eigenvalue weighted by Crippen LogP contribution is -2.39. The van der Waals surface area contributed by atoms with Gasteiger partial charge in [-0.25, -0.2) is 23.1 Å². The molecule has 3 N–H and O–H groups in total. The Morgan fingerprint density at radius 2 is 1.74 bits per heavy atom. The van der Waals surface area contributed by atoms with Crippen LogP contribution in [-0.4, -0.2) is 99.8 Å². The Bertz CT molecular complexity index is 2620. The first-order valence-corrected chi connectivity index (χ1v) is 24.0. The predicted molar refractivity (Wildman–Crippen MR) is 243 cm³/mol. The van der Waals surface area contributed by atoms with E-state index in [0.29, 0.717) is 50.3 Å². The molecule has 0 unspecified atom stereocenters. The highest BCUT2D eigenvalue weighted by molar-refractivity contribution is 7.99. The Morgan fingerprint density at radius 3 is 2.47 bits per heavy atom. The Morgan fingerprint density at radius 1 is 0.968 bits per heavy atom. The third kappa shape index (κ3) is 12.1. The number of rotatable bonds is 18. The van der Waals surface area contributed by atoms with E-state index < -0.39 is 22.6 Å². The number of alkyl halides is 3. The first kappa shape index (κ1) is 45.0. The number of hydrogen-bond donors (Lipinski definition) is 3. The number of thioether (sulfide) groups is 1. The standard InChI is InChI=1S/C44H50ClF3N10O2S2/c1-3-27-61-43-52-41(40-42(53-43)58(55-54-40)29-31-12-14-32(45)15-13-31)50-22-5-4-6-24-56-25-20-34(21-26-56)51-38-10-7-11-39-37(38)28-35(57(39)30-44(46,47)48)9-8-23-49-33-16-18-36(19-17-33)62(2,59)60/h7,10-19,28,34,49,51H,3-6,20-27,29-30H2,1-2H3,(H,50,52,53). The molecule has 18 heteroatoms. The van der Waals surface area contributed by atoms with Crippen molar-refractivity contribution in [3.63, 3.8) is 0 Å². The maximum atomic E-state index is 13.8. The molecule has 4 heterocycles. The van der Waals surface area contributed by atoms with Crippen molar-refractivity contribution in [2.75, 3.05) is 60.7 Å². The van der Waals surface area contributed by atoms with Crippen LogP contribution in [0.15, 0.2) is 82.8 Å². The number of anilines is 3. The molecule has 328 valence electrons. The molecule has 1 aliphatic rings. The average molecular weight is 908 g/mol. The van der Waals surface area contributed by atoms with E-state index in [1.807, 2.05) is 30.3 Å². The number of benzene rings is 3. The van der Waals surface area contributed by atoms with E-state index in [0.717, 1.165) is 88.0 Å². The van der Waals surface area contributed by atoms with E-state index in [-0.39, 0.29) is 23.2 Å². The Hall–Kier alpha value is -5.02. The van der Waals surface area contributed by atoms with Gasteiger partial charge in [0.05, 0.1) is 29.2 Å². The van der Waals surface area contributed by atoms with Gasteiger partial charge >= 0.3 is 6.18 Å². The van der Waals surface area contributed by atoms with Gasteiger partial charge in [-0.1, -0.05) is 66.0 Å². The van der Waals surface area contributed by atoms with Gasteiger partial charge < -0.3 is 25.4 Å². The fraction of sp³-hybridized carbons (Fsp3) is 0.409. The topological polar surface area (TPSA) is 135 Å². The Labute approximate surface area is 369 Å². The quantitative estimate of drug-likeness (QED) is 0.0330. The smallest absolute Gasteiger partial charge is 0.382 e. The van der Waals surface area contributed by atoms with Gasteiger partial charge in [0, 0.05) is 59.5 Å². The number of nitrogens with one attached hydrogen (secondary N) is 3. The molecule has 62 heavy (non-hydrogen) atoms. The van der Waals surface area contributed by atoms with Crippen molar-refractivity contribution in [1.29, 1.82) is 0 Å². The molecular weight excluding hydrogens is 857 g/mol. The maximum absolute atomic E-state index is 13.8. The molecule has 1 aliphatic heterocycles. The molecule has 12 nitrogen and oxygen atoms in total. The summed E-state index contributed by atoms with van der Waals surface area (Å²) in [5.41, 5.74) is 4.59. The Kier molecular flexibility index (Phi) is 14.8. The van der Waals surface area contributed by atoms with Crippen LogP contribution in [0, 0.1) is 11.8 Å². The third-order valence-corrected chi connectivity index (χ3v) is 13.0. The highest BCUT2D eigenvalue weighted by Gasteiger charge is 2.30. The van der Waals surface area contributed by atoms with E-state index in [4.69, 9.17) is 21.6 Å². The fourth-order valence-corrected chi connectivity index (χ4v) is 8.87. The highest BCUT2D eigenvalue weighted by atomic mass is 35.5. The van der Waals surface area contributed by atoms with Gasteiger partial charge in [0.2, 0.25) is 0 Å². The van der Waals surface area contributed by atoms with E-state index >= 15 is 0 Å². The van der Waals surface area contributed by atoms with Crippen molar-refractivity contribution in [3.8, 4) is 11.8 Å². The number of sulfone groups is 1.